The molecular formula is C13H14BrNO3. The first kappa shape index (κ1) is 14.4. The Bertz CT molecular complexity index is 535. The predicted molar refractivity (Wildman–Crippen MR) is 73.5 cm³/mol. The second-order valence-corrected chi connectivity index (χ2v) is 4.83. The Labute approximate surface area is 114 Å². The lowest BCUT2D eigenvalue weighted by molar-refractivity contribution is -0.133. The van der Waals surface area contributed by atoms with Crippen LogP contribution in [0.2, 0.25) is 0 Å². The van der Waals surface area contributed by atoms with Gasteiger partial charge in [0.25, 0.3) is 5.91 Å². The van der Waals surface area contributed by atoms with Crippen LogP contribution < -0.4 is 5.32 Å². The van der Waals surface area contributed by atoms with Crippen LogP contribution in [0.3, 0.4) is 0 Å². The van der Waals surface area contributed by atoms with E-state index in [1.807, 2.05) is 19.1 Å². The topological polar surface area (TPSA) is 66.4 Å². The molecule has 0 radical (unpaired) electrons. The van der Waals surface area contributed by atoms with Gasteiger partial charge in [0.15, 0.2) is 0 Å². The Morgan fingerprint density at radius 2 is 1.83 bits per heavy atom. The van der Waals surface area contributed by atoms with Gasteiger partial charge >= 0.3 is 5.97 Å². The number of carbonyl (C=O) groups is 2. The summed E-state index contributed by atoms with van der Waals surface area (Å²) >= 11 is 3.37. The minimum Gasteiger partial charge on any atom is -0.478 e. The monoisotopic (exact) mass is 311 g/mol. The standard InChI is InChI=1S/C13H14BrNO3/c1-7-6-10(4-5-11(7)14)15-12(16)8(2)9(3)13(17)18/h4-6H,1-3H3,(H,15,16)(H,17,18). The number of halogens is 1. The van der Waals surface area contributed by atoms with Crippen LogP contribution in [0.15, 0.2) is 33.8 Å². The number of aliphatic carboxylic acids is 1. The van der Waals surface area contributed by atoms with Gasteiger partial charge in [-0.3, -0.25) is 4.79 Å². The van der Waals surface area contributed by atoms with Crippen molar-refractivity contribution >= 4 is 33.5 Å². The van der Waals surface area contributed by atoms with Gasteiger partial charge in [0.05, 0.1) is 0 Å². The van der Waals surface area contributed by atoms with Crippen molar-refractivity contribution in [1.29, 1.82) is 0 Å². The van der Waals surface area contributed by atoms with Crippen LogP contribution in [0.4, 0.5) is 5.69 Å². The Kier molecular flexibility index (Phi) is 4.67. The molecule has 0 aromatic heterocycles. The van der Waals surface area contributed by atoms with Crippen molar-refractivity contribution in [2.75, 3.05) is 5.32 Å². The number of hydrogen-bond donors (Lipinski definition) is 2. The largest absolute Gasteiger partial charge is 0.478 e. The summed E-state index contributed by atoms with van der Waals surface area (Å²) in [6.45, 7) is 4.81. The number of amides is 1. The van der Waals surface area contributed by atoms with Crippen LogP contribution in [-0.4, -0.2) is 17.0 Å². The van der Waals surface area contributed by atoms with Crippen LogP contribution in [0.25, 0.3) is 0 Å². The summed E-state index contributed by atoms with van der Waals surface area (Å²) in [5.41, 5.74) is 1.87. The highest BCUT2D eigenvalue weighted by atomic mass is 79.9. The average Bonchev–Trinajstić information content (AvgIpc) is 2.31. The third-order valence-electron chi connectivity index (χ3n) is 2.64. The summed E-state index contributed by atoms with van der Waals surface area (Å²) in [5.74, 6) is -1.49. The second kappa shape index (κ2) is 5.82. The molecule has 0 unspecified atom stereocenters. The highest BCUT2D eigenvalue weighted by Crippen LogP contribution is 2.20. The highest BCUT2D eigenvalue weighted by Gasteiger charge is 2.12. The van der Waals surface area contributed by atoms with Crippen LogP contribution in [0, 0.1) is 6.92 Å². The van der Waals surface area contributed by atoms with E-state index in [4.69, 9.17) is 5.11 Å². The lowest BCUT2D eigenvalue weighted by Crippen LogP contribution is -2.16. The van der Waals surface area contributed by atoms with Gasteiger partial charge in [-0.25, -0.2) is 4.79 Å². The fourth-order valence-corrected chi connectivity index (χ4v) is 1.52. The maximum atomic E-state index is 11.8. The Hall–Kier alpha value is -1.62. The minimum absolute atomic E-state index is 0.0429. The molecule has 0 aliphatic rings. The molecule has 2 N–H and O–H groups in total. The van der Waals surface area contributed by atoms with Gasteiger partial charge < -0.3 is 10.4 Å². The summed E-state index contributed by atoms with van der Waals surface area (Å²) < 4.78 is 0.953. The molecule has 1 amide bonds. The molecule has 0 spiro atoms. The van der Waals surface area contributed by atoms with Gasteiger partial charge in [0.1, 0.15) is 0 Å². The number of carbonyl (C=O) groups excluding carboxylic acids is 1. The molecule has 5 heteroatoms. The maximum absolute atomic E-state index is 11.8. The number of benzene rings is 1. The van der Waals surface area contributed by atoms with Crippen LogP contribution in [0.5, 0.6) is 0 Å². The Balaban J connectivity index is 2.92. The molecule has 0 bridgehead atoms. The fraction of sp³-hybridized carbons (Fsp3) is 0.231. The van der Waals surface area contributed by atoms with Gasteiger partial charge in [-0.1, -0.05) is 15.9 Å². The minimum atomic E-state index is -1.09. The molecular weight excluding hydrogens is 298 g/mol. The molecule has 96 valence electrons. The Morgan fingerprint density at radius 3 is 2.33 bits per heavy atom. The predicted octanol–water partition coefficient (Wildman–Crippen LogP) is 3.12. The van der Waals surface area contributed by atoms with Crippen molar-refractivity contribution < 1.29 is 14.7 Å². The normalized spacial score (nSPS) is 11.8. The third-order valence-corrected chi connectivity index (χ3v) is 3.53. The quantitative estimate of drug-likeness (QED) is 0.843. The third kappa shape index (κ3) is 3.43. The molecule has 0 saturated heterocycles. The number of carboxylic acids is 1. The Morgan fingerprint density at radius 1 is 1.22 bits per heavy atom. The van der Waals surface area contributed by atoms with Crippen molar-refractivity contribution in [1.82, 2.24) is 0 Å². The summed E-state index contributed by atoms with van der Waals surface area (Å²) in [6.07, 6.45) is 0. The smallest absolute Gasteiger partial charge is 0.331 e. The van der Waals surface area contributed by atoms with Gasteiger partial charge in [-0.05, 0) is 44.5 Å². The molecule has 1 rings (SSSR count). The molecule has 1 aromatic carbocycles. The maximum Gasteiger partial charge on any atom is 0.331 e. The molecule has 0 atom stereocenters. The summed E-state index contributed by atoms with van der Waals surface area (Å²) in [7, 11) is 0. The number of hydrogen-bond acceptors (Lipinski definition) is 2. The molecule has 4 nitrogen and oxygen atoms in total. The molecule has 0 heterocycles. The molecule has 18 heavy (non-hydrogen) atoms. The molecule has 0 aliphatic carbocycles. The number of anilines is 1. The van der Waals surface area contributed by atoms with E-state index in [9.17, 15) is 9.59 Å². The highest BCUT2D eigenvalue weighted by molar-refractivity contribution is 9.10. The first-order valence-corrected chi connectivity index (χ1v) is 6.10. The SMILES string of the molecule is CC(C(=O)O)=C(C)C(=O)Nc1ccc(Br)c(C)c1. The van der Waals surface area contributed by atoms with E-state index in [2.05, 4.69) is 21.2 Å². The van der Waals surface area contributed by atoms with Crippen LogP contribution in [-0.2, 0) is 9.59 Å². The zero-order valence-electron chi connectivity index (χ0n) is 10.4. The first-order chi connectivity index (χ1) is 8.32. The van der Waals surface area contributed by atoms with Crippen molar-refractivity contribution in [3.63, 3.8) is 0 Å². The zero-order valence-corrected chi connectivity index (χ0v) is 12.0. The lowest BCUT2D eigenvalue weighted by Gasteiger charge is -2.08. The number of aryl methyl sites for hydroxylation is 1. The molecule has 0 fully saturated rings. The van der Waals surface area contributed by atoms with E-state index >= 15 is 0 Å². The van der Waals surface area contributed by atoms with E-state index in [1.54, 1.807) is 6.07 Å². The molecule has 1 aromatic rings. The average molecular weight is 312 g/mol. The summed E-state index contributed by atoms with van der Waals surface area (Å²) in [5, 5.41) is 11.5. The van der Waals surface area contributed by atoms with Gasteiger partial charge in [0, 0.05) is 21.3 Å². The molecule has 0 aliphatic heterocycles. The number of rotatable bonds is 3. The van der Waals surface area contributed by atoms with Crippen LogP contribution in [0.1, 0.15) is 19.4 Å². The molecule has 0 saturated carbocycles. The van der Waals surface area contributed by atoms with Crippen molar-refractivity contribution in [2.24, 2.45) is 0 Å². The summed E-state index contributed by atoms with van der Waals surface area (Å²) in [4.78, 5) is 22.6. The van der Waals surface area contributed by atoms with E-state index in [1.165, 1.54) is 13.8 Å². The first-order valence-electron chi connectivity index (χ1n) is 5.31. The number of carboxylic acid groups (broad SMARTS) is 1. The van der Waals surface area contributed by atoms with Gasteiger partial charge in [0.2, 0.25) is 0 Å². The van der Waals surface area contributed by atoms with Crippen molar-refractivity contribution in [3.8, 4) is 0 Å². The van der Waals surface area contributed by atoms with E-state index in [0.717, 1.165) is 10.0 Å². The van der Waals surface area contributed by atoms with E-state index in [-0.39, 0.29) is 11.1 Å². The van der Waals surface area contributed by atoms with Crippen molar-refractivity contribution in [2.45, 2.75) is 20.8 Å². The fourth-order valence-electron chi connectivity index (χ4n) is 1.28. The lowest BCUT2D eigenvalue weighted by atomic mass is 10.1. The number of nitrogens with one attached hydrogen (secondary N) is 1. The van der Waals surface area contributed by atoms with E-state index in [0.29, 0.717) is 5.69 Å². The zero-order chi connectivity index (χ0) is 13.9. The van der Waals surface area contributed by atoms with Crippen molar-refractivity contribution in [3.05, 3.63) is 39.4 Å². The summed E-state index contributed by atoms with van der Waals surface area (Å²) in [6, 6.07) is 5.39. The van der Waals surface area contributed by atoms with Crippen LogP contribution >= 0.6 is 15.9 Å². The van der Waals surface area contributed by atoms with Gasteiger partial charge in [-0.15, -0.1) is 0 Å². The van der Waals surface area contributed by atoms with Gasteiger partial charge in [-0.2, -0.15) is 0 Å². The van der Waals surface area contributed by atoms with E-state index < -0.39 is 11.9 Å². The second-order valence-electron chi connectivity index (χ2n) is 3.97.